The van der Waals surface area contributed by atoms with E-state index in [-0.39, 0.29) is 5.25 Å². The van der Waals surface area contributed by atoms with Gasteiger partial charge in [0.25, 0.3) is 0 Å². The van der Waals surface area contributed by atoms with Crippen LogP contribution in [0, 0.1) is 0 Å². The molecule has 0 amide bonds. The van der Waals surface area contributed by atoms with E-state index < -0.39 is 10.0 Å². The predicted octanol–water partition coefficient (Wildman–Crippen LogP) is 0.405. The van der Waals surface area contributed by atoms with Gasteiger partial charge in [0.15, 0.2) is 0 Å². The smallest absolute Gasteiger partial charge is 0.217 e. The maximum Gasteiger partial charge on any atom is 0.217 e. The van der Waals surface area contributed by atoms with Crippen molar-refractivity contribution in [1.82, 2.24) is 4.31 Å². The number of nitrogens with zero attached hydrogens (tertiary/aromatic N) is 2. The Balaban J connectivity index is 2.01. The molecule has 0 aromatic heterocycles. The van der Waals surface area contributed by atoms with Gasteiger partial charge in [0.1, 0.15) is 0 Å². The maximum absolute atomic E-state index is 11.8. The van der Waals surface area contributed by atoms with Crippen LogP contribution in [0.4, 0.5) is 0 Å². The fourth-order valence-corrected chi connectivity index (χ4v) is 3.52. The van der Waals surface area contributed by atoms with Crippen LogP contribution in [0.5, 0.6) is 0 Å². The van der Waals surface area contributed by atoms with Crippen molar-refractivity contribution >= 4 is 15.7 Å². The summed E-state index contributed by atoms with van der Waals surface area (Å²) in [5.41, 5.74) is 0.701. The van der Waals surface area contributed by atoms with Crippen molar-refractivity contribution in [3.05, 3.63) is 0 Å². The van der Waals surface area contributed by atoms with E-state index in [2.05, 4.69) is 5.16 Å². The third-order valence-electron chi connectivity index (χ3n) is 2.75. The van der Waals surface area contributed by atoms with Crippen LogP contribution in [-0.2, 0) is 10.0 Å². The number of sulfonamides is 1. The van der Waals surface area contributed by atoms with Crippen molar-refractivity contribution in [2.24, 2.45) is 5.16 Å². The van der Waals surface area contributed by atoms with Gasteiger partial charge in [-0.25, -0.2) is 12.7 Å². The number of piperidine rings is 1. The quantitative estimate of drug-likeness (QED) is 0.539. The van der Waals surface area contributed by atoms with Gasteiger partial charge in [0, 0.05) is 25.9 Å². The number of hydrogen-bond donors (Lipinski definition) is 1. The fraction of sp³-hybridized carbons (Fsp3) is 0.875. The maximum atomic E-state index is 11.8. The molecule has 0 radical (unpaired) electrons. The van der Waals surface area contributed by atoms with E-state index in [1.54, 1.807) is 0 Å². The van der Waals surface area contributed by atoms with E-state index in [4.69, 9.17) is 5.21 Å². The van der Waals surface area contributed by atoms with Gasteiger partial charge in [-0.15, -0.1) is 0 Å². The minimum atomic E-state index is -3.02. The molecule has 5 nitrogen and oxygen atoms in total. The Kier molecular flexibility index (Phi) is 2.48. The summed E-state index contributed by atoms with van der Waals surface area (Å²) in [6, 6.07) is 0. The van der Waals surface area contributed by atoms with Crippen molar-refractivity contribution in [1.29, 1.82) is 0 Å². The Morgan fingerprint density at radius 3 is 2.29 bits per heavy atom. The van der Waals surface area contributed by atoms with Gasteiger partial charge in [-0.3, -0.25) is 0 Å². The van der Waals surface area contributed by atoms with Crippen molar-refractivity contribution < 1.29 is 13.6 Å². The Hall–Kier alpha value is -0.620. The van der Waals surface area contributed by atoms with Gasteiger partial charge in [-0.2, -0.15) is 0 Å². The molecule has 1 N–H and O–H groups in total. The number of hydrogen-bond acceptors (Lipinski definition) is 4. The zero-order valence-corrected chi connectivity index (χ0v) is 8.70. The van der Waals surface area contributed by atoms with Crippen molar-refractivity contribution in [3.8, 4) is 0 Å². The Bertz CT molecular complexity index is 336. The summed E-state index contributed by atoms with van der Waals surface area (Å²) in [6.07, 6.45) is 2.73. The van der Waals surface area contributed by atoms with E-state index in [0.717, 1.165) is 12.8 Å². The molecule has 1 aliphatic carbocycles. The van der Waals surface area contributed by atoms with Gasteiger partial charge in [0.2, 0.25) is 10.0 Å². The molecule has 0 spiro atoms. The highest BCUT2D eigenvalue weighted by Crippen LogP contribution is 2.31. The summed E-state index contributed by atoms with van der Waals surface area (Å²) in [5, 5.41) is 11.5. The van der Waals surface area contributed by atoms with Gasteiger partial charge < -0.3 is 5.21 Å². The van der Waals surface area contributed by atoms with Crippen LogP contribution in [0.25, 0.3) is 0 Å². The van der Waals surface area contributed by atoms with Crippen LogP contribution in [0.2, 0.25) is 0 Å². The van der Waals surface area contributed by atoms with Crippen molar-refractivity contribution in [2.75, 3.05) is 13.1 Å². The normalized spacial score (nSPS) is 25.0. The lowest BCUT2D eigenvalue weighted by Gasteiger charge is -2.26. The lowest BCUT2D eigenvalue weighted by Crippen LogP contribution is -2.40. The predicted molar refractivity (Wildman–Crippen MR) is 52.0 cm³/mol. The Morgan fingerprint density at radius 1 is 1.29 bits per heavy atom. The Labute approximate surface area is 83.4 Å². The first kappa shape index (κ1) is 9.92. The Morgan fingerprint density at radius 2 is 1.86 bits per heavy atom. The molecule has 14 heavy (non-hydrogen) atoms. The zero-order chi connectivity index (χ0) is 10.2. The summed E-state index contributed by atoms with van der Waals surface area (Å²) in [4.78, 5) is 0. The monoisotopic (exact) mass is 218 g/mol. The van der Waals surface area contributed by atoms with Gasteiger partial charge >= 0.3 is 0 Å². The van der Waals surface area contributed by atoms with E-state index >= 15 is 0 Å². The second-order valence-corrected chi connectivity index (χ2v) is 6.02. The van der Waals surface area contributed by atoms with E-state index in [1.165, 1.54) is 4.31 Å². The van der Waals surface area contributed by atoms with Crippen molar-refractivity contribution in [2.45, 2.75) is 30.9 Å². The highest BCUT2D eigenvalue weighted by atomic mass is 32.2. The second-order valence-electron chi connectivity index (χ2n) is 3.81. The molecule has 0 aromatic carbocycles. The molecule has 1 heterocycles. The summed E-state index contributed by atoms with van der Waals surface area (Å²) in [7, 11) is -3.02. The minimum absolute atomic E-state index is 0.130. The average molecular weight is 218 g/mol. The highest BCUT2D eigenvalue weighted by molar-refractivity contribution is 7.90. The molecule has 0 unspecified atom stereocenters. The molecule has 80 valence electrons. The summed E-state index contributed by atoms with van der Waals surface area (Å²) >= 11 is 0. The van der Waals surface area contributed by atoms with E-state index in [0.29, 0.717) is 31.6 Å². The highest BCUT2D eigenvalue weighted by Gasteiger charge is 2.40. The minimum Gasteiger partial charge on any atom is -0.411 e. The molecule has 1 aliphatic heterocycles. The van der Waals surface area contributed by atoms with E-state index in [1.807, 2.05) is 0 Å². The van der Waals surface area contributed by atoms with Crippen LogP contribution in [0.1, 0.15) is 25.7 Å². The summed E-state index contributed by atoms with van der Waals surface area (Å²) < 4.78 is 25.1. The van der Waals surface area contributed by atoms with Crippen LogP contribution < -0.4 is 0 Å². The molecular formula is C8H14N2O3S. The van der Waals surface area contributed by atoms with Gasteiger partial charge in [-0.05, 0) is 12.8 Å². The topological polar surface area (TPSA) is 70.0 Å². The van der Waals surface area contributed by atoms with Crippen LogP contribution in [0.3, 0.4) is 0 Å². The number of oxime groups is 1. The first-order valence-corrected chi connectivity index (χ1v) is 6.33. The fourth-order valence-electron chi connectivity index (χ4n) is 1.68. The van der Waals surface area contributed by atoms with Gasteiger partial charge in [0.05, 0.1) is 11.0 Å². The molecule has 2 rings (SSSR count). The lowest BCUT2D eigenvalue weighted by molar-refractivity contribution is 0.309. The van der Waals surface area contributed by atoms with E-state index in [9.17, 15) is 8.42 Å². The van der Waals surface area contributed by atoms with Crippen LogP contribution in [-0.4, -0.2) is 42.0 Å². The summed E-state index contributed by atoms with van der Waals surface area (Å²) in [6.45, 7) is 0.941. The van der Waals surface area contributed by atoms with Gasteiger partial charge in [-0.1, -0.05) is 5.16 Å². The first-order chi connectivity index (χ1) is 6.64. The largest absolute Gasteiger partial charge is 0.411 e. The summed E-state index contributed by atoms with van der Waals surface area (Å²) in [5.74, 6) is 0. The standard InChI is InChI=1S/C8H14N2O3S/c11-9-7-3-5-10(6-4-7)14(12,13)8-1-2-8/h8,11H,1-6H2. The van der Waals surface area contributed by atoms with Crippen molar-refractivity contribution in [3.63, 3.8) is 0 Å². The SMILES string of the molecule is O=S(=O)(C1CC1)N1CCC(=NO)CC1. The van der Waals surface area contributed by atoms with Crippen LogP contribution in [0.15, 0.2) is 5.16 Å². The molecule has 0 atom stereocenters. The second kappa shape index (κ2) is 3.51. The molecule has 0 bridgehead atoms. The van der Waals surface area contributed by atoms with Crippen LogP contribution >= 0.6 is 0 Å². The molecule has 0 aromatic rings. The molecular weight excluding hydrogens is 204 g/mol. The zero-order valence-electron chi connectivity index (χ0n) is 7.89. The molecule has 1 saturated carbocycles. The third kappa shape index (κ3) is 1.76. The molecule has 1 saturated heterocycles. The third-order valence-corrected chi connectivity index (χ3v) is 5.15. The average Bonchev–Trinajstić information content (AvgIpc) is 3.01. The first-order valence-electron chi connectivity index (χ1n) is 4.83. The molecule has 6 heteroatoms. The molecule has 2 fully saturated rings. The molecule has 2 aliphatic rings. The lowest BCUT2D eigenvalue weighted by atomic mass is 10.1. The number of rotatable bonds is 2.